The summed E-state index contributed by atoms with van der Waals surface area (Å²) >= 11 is 1.48. The van der Waals surface area contributed by atoms with E-state index in [1.807, 2.05) is 23.1 Å². The zero-order valence-electron chi connectivity index (χ0n) is 17.3. The molecule has 0 saturated carbocycles. The van der Waals surface area contributed by atoms with E-state index in [1.54, 1.807) is 31.4 Å². The minimum Gasteiger partial charge on any atom is -0.497 e. The molecule has 1 aliphatic heterocycles. The number of para-hydroxylation sites is 1. The van der Waals surface area contributed by atoms with E-state index in [-0.39, 0.29) is 17.7 Å². The minimum atomic E-state index is -0.252. The molecule has 31 heavy (non-hydrogen) atoms. The normalized spacial score (nSPS) is 17.1. The van der Waals surface area contributed by atoms with Crippen LogP contribution in [0.15, 0.2) is 48.5 Å². The van der Waals surface area contributed by atoms with Crippen LogP contribution in [0.2, 0.25) is 0 Å². The Morgan fingerprint density at radius 2 is 1.94 bits per heavy atom. The van der Waals surface area contributed by atoms with E-state index in [2.05, 4.69) is 11.4 Å². The van der Waals surface area contributed by atoms with Gasteiger partial charge in [0, 0.05) is 22.7 Å². The van der Waals surface area contributed by atoms with Gasteiger partial charge >= 0.3 is 0 Å². The van der Waals surface area contributed by atoms with Crippen LogP contribution in [0.3, 0.4) is 0 Å². The number of carbonyl (C=O) groups excluding carboxylic acids is 2. The summed E-state index contributed by atoms with van der Waals surface area (Å²) in [7, 11) is 1.59. The van der Waals surface area contributed by atoms with E-state index >= 15 is 0 Å². The van der Waals surface area contributed by atoms with E-state index in [9.17, 15) is 9.59 Å². The molecular formula is C24H23N3O3S. The Kier molecular flexibility index (Phi) is 5.19. The minimum absolute atomic E-state index is 0.115. The van der Waals surface area contributed by atoms with Crippen molar-refractivity contribution in [3.8, 4) is 5.75 Å². The van der Waals surface area contributed by atoms with Crippen LogP contribution in [-0.2, 0) is 17.6 Å². The van der Waals surface area contributed by atoms with Crippen molar-refractivity contribution in [1.82, 2.24) is 4.98 Å². The van der Waals surface area contributed by atoms with Gasteiger partial charge in [0.1, 0.15) is 5.75 Å². The molecule has 158 valence electrons. The van der Waals surface area contributed by atoms with Crippen LogP contribution in [-0.4, -0.2) is 30.5 Å². The van der Waals surface area contributed by atoms with E-state index < -0.39 is 0 Å². The predicted octanol–water partition coefficient (Wildman–Crippen LogP) is 4.41. The molecule has 0 fully saturated rings. The molecule has 7 heteroatoms. The lowest BCUT2D eigenvalue weighted by molar-refractivity contribution is -0.120. The van der Waals surface area contributed by atoms with Crippen LogP contribution < -0.4 is 15.0 Å². The fourth-order valence-corrected chi connectivity index (χ4v) is 5.44. The quantitative estimate of drug-likeness (QED) is 0.661. The van der Waals surface area contributed by atoms with Crippen LogP contribution in [0.5, 0.6) is 5.75 Å². The van der Waals surface area contributed by atoms with Gasteiger partial charge in [0.25, 0.3) is 5.91 Å². The number of nitrogens with zero attached hydrogens (tertiary/aromatic N) is 2. The highest BCUT2D eigenvalue weighted by Crippen LogP contribution is 2.40. The fraction of sp³-hybridized carbons (Fsp3) is 0.292. The number of amides is 2. The van der Waals surface area contributed by atoms with Crippen molar-refractivity contribution in [1.29, 1.82) is 0 Å². The number of benzene rings is 2. The summed E-state index contributed by atoms with van der Waals surface area (Å²) in [5, 5.41) is 3.45. The maximum absolute atomic E-state index is 13.4. The van der Waals surface area contributed by atoms with Crippen molar-refractivity contribution in [3.63, 3.8) is 0 Å². The number of carbonyl (C=O) groups is 2. The Morgan fingerprint density at radius 3 is 2.74 bits per heavy atom. The van der Waals surface area contributed by atoms with E-state index in [1.165, 1.54) is 16.9 Å². The highest BCUT2D eigenvalue weighted by atomic mass is 32.1. The number of thiazole rings is 1. The molecule has 2 aromatic carbocycles. The Labute approximate surface area is 184 Å². The number of ether oxygens (including phenoxy) is 1. The molecule has 0 saturated heterocycles. The lowest BCUT2D eigenvalue weighted by Crippen LogP contribution is -2.35. The predicted molar refractivity (Wildman–Crippen MR) is 121 cm³/mol. The van der Waals surface area contributed by atoms with Crippen molar-refractivity contribution in [2.24, 2.45) is 0 Å². The van der Waals surface area contributed by atoms with Gasteiger partial charge in [-0.1, -0.05) is 18.2 Å². The van der Waals surface area contributed by atoms with Crippen LogP contribution in [0, 0.1) is 0 Å². The highest BCUT2D eigenvalue weighted by molar-refractivity contribution is 7.16. The molecular weight excluding hydrogens is 410 g/mol. The zero-order chi connectivity index (χ0) is 21.4. The molecule has 0 bridgehead atoms. The smallest absolute Gasteiger partial charge is 0.257 e. The third-order valence-electron chi connectivity index (χ3n) is 5.98. The summed E-state index contributed by atoms with van der Waals surface area (Å²) in [4.78, 5) is 33.8. The topological polar surface area (TPSA) is 71.5 Å². The van der Waals surface area contributed by atoms with E-state index in [0.717, 1.165) is 48.5 Å². The highest BCUT2D eigenvalue weighted by Gasteiger charge is 2.36. The molecule has 1 aliphatic carbocycles. The number of hydrogen-bond donors (Lipinski definition) is 1. The van der Waals surface area contributed by atoms with Crippen LogP contribution in [0.25, 0.3) is 0 Å². The molecule has 0 spiro atoms. The Morgan fingerprint density at radius 1 is 1.13 bits per heavy atom. The number of aromatic nitrogens is 1. The molecule has 3 aromatic rings. The molecule has 0 unspecified atom stereocenters. The largest absolute Gasteiger partial charge is 0.497 e. The van der Waals surface area contributed by atoms with Crippen molar-refractivity contribution in [2.45, 2.75) is 31.6 Å². The summed E-state index contributed by atoms with van der Waals surface area (Å²) in [5.41, 5.74) is 3.60. The average molecular weight is 434 g/mol. The first kappa shape index (κ1) is 19.8. The third-order valence-corrected chi connectivity index (χ3v) is 7.02. The molecule has 2 heterocycles. The van der Waals surface area contributed by atoms with E-state index in [0.29, 0.717) is 16.4 Å². The third kappa shape index (κ3) is 3.70. The van der Waals surface area contributed by atoms with Gasteiger partial charge < -0.3 is 9.64 Å². The van der Waals surface area contributed by atoms with Crippen LogP contribution >= 0.6 is 11.3 Å². The van der Waals surface area contributed by atoms with Crippen molar-refractivity contribution in [3.05, 3.63) is 70.2 Å². The maximum atomic E-state index is 13.4. The number of hydrogen-bond acceptors (Lipinski definition) is 5. The van der Waals surface area contributed by atoms with Crippen molar-refractivity contribution >= 4 is 34.0 Å². The van der Waals surface area contributed by atoms with Gasteiger partial charge in [0.2, 0.25) is 5.91 Å². The zero-order valence-corrected chi connectivity index (χ0v) is 18.1. The van der Waals surface area contributed by atoms with Gasteiger partial charge in [-0.05, 0) is 61.6 Å². The summed E-state index contributed by atoms with van der Waals surface area (Å²) in [6.07, 6.45) is 3.53. The second-order valence-corrected chi connectivity index (χ2v) is 8.91. The maximum Gasteiger partial charge on any atom is 0.257 e. The average Bonchev–Trinajstić information content (AvgIpc) is 3.42. The standard InChI is InChI=1S/C24H23N3O3S/c1-30-17-11-9-16(10-12-17)22(28)26-24-25-21-18(6-4-8-20(21)31-24)23(29)27-14-13-15-5-2-3-7-19(15)27/h2-3,5,7,9-12,18H,4,6,8,13-14H2,1H3,(H,25,26,28)/t18-/m1/s1. The monoisotopic (exact) mass is 433 g/mol. The molecule has 1 aromatic heterocycles. The molecule has 2 amide bonds. The molecule has 0 radical (unpaired) electrons. The van der Waals surface area contributed by atoms with Gasteiger partial charge in [-0.25, -0.2) is 4.98 Å². The molecule has 5 rings (SSSR count). The lowest BCUT2D eigenvalue weighted by Gasteiger charge is -2.26. The number of nitrogens with one attached hydrogen (secondary N) is 1. The van der Waals surface area contributed by atoms with Crippen molar-refractivity contribution < 1.29 is 14.3 Å². The first-order valence-corrected chi connectivity index (χ1v) is 11.3. The van der Waals surface area contributed by atoms with Gasteiger partial charge in [-0.3, -0.25) is 14.9 Å². The summed E-state index contributed by atoms with van der Waals surface area (Å²) in [6, 6.07) is 15.1. The molecule has 6 nitrogen and oxygen atoms in total. The summed E-state index contributed by atoms with van der Waals surface area (Å²) in [6.45, 7) is 0.717. The van der Waals surface area contributed by atoms with Gasteiger partial charge in [-0.15, -0.1) is 11.3 Å². The Balaban J connectivity index is 1.36. The molecule has 2 aliphatic rings. The van der Waals surface area contributed by atoms with Crippen molar-refractivity contribution in [2.75, 3.05) is 23.9 Å². The first-order valence-electron chi connectivity index (χ1n) is 10.5. The van der Waals surface area contributed by atoms with Gasteiger partial charge in [-0.2, -0.15) is 0 Å². The number of aryl methyl sites for hydroxylation is 1. The molecule has 1 atom stereocenters. The second-order valence-electron chi connectivity index (χ2n) is 7.82. The molecule has 1 N–H and O–H groups in total. The second kappa shape index (κ2) is 8.15. The summed E-state index contributed by atoms with van der Waals surface area (Å²) < 4.78 is 5.14. The Bertz CT molecular complexity index is 1140. The first-order chi connectivity index (χ1) is 15.1. The number of anilines is 2. The number of methoxy groups -OCH3 is 1. The van der Waals surface area contributed by atoms with Gasteiger partial charge in [0.05, 0.1) is 18.7 Å². The van der Waals surface area contributed by atoms with Crippen LogP contribution in [0.1, 0.15) is 45.3 Å². The lowest BCUT2D eigenvalue weighted by atomic mass is 9.90. The van der Waals surface area contributed by atoms with E-state index in [4.69, 9.17) is 9.72 Å². The Hall–Kier alpha value is -3.19. The SMILES string of the molecule is COc1ccc(C(=O)Nc2nc3c(s2)CCC[C@H]3C(=O)N2CCc3ccccc32)cc1. The van der Waals surface area contributed by atoms with Crippen LogP contribution in [0.4, 0.5) is 10.8 Å². The fourth-order valence-electron chi connectivity index (χ4n) is 4.38. The number of rotatable bonds is 4. The summed E-state index contributed by atoms with van der Waals surface area (Å²) in [5.74, 6) is 0.346. The number of fused-ring (bicyclic) bond motifs is 2. The van der Waals surface area contributed by atoms with Gasteiger partial charge in [0.15, 0.2) is 5.13 Å².